The van der Waals surface area contributed by atoms with Crippen molar-refractivity contribution in [3.8, 4) is 11.8 Å². The molecule has 0 N–H and O–H groups in total. The molecule has 0 saturated carbocycles. The average molecular weight is 218 g/mol. The van der Waals surface area contributed by atoms with Crippen molar-refractivity contribution in [2.24, 2.45) is 0 Å². The molecule has 0 radical (unpaired) electrons. The first-order valence-corrected chi connectivity index (χ1v) is 5.03. The summed E-state index contributed by atoms with van der Waals surface area (Å²) in [6.45, 7) is 5.81. The zero-order valence-electron chi connectivity index (χ0n) is 9.85. The third-order valence-corrected chi connectivity index (χ3v) is 2.23. The highest BCUT2D eigenvalue weighted by atomic mass is 16.5. The van der Waals surface area contributed by atoms with E-state index in [1.165, 1.54) is 0 Å². The van der Waals surface area contributed by atoms with Crippen LogP contribution in [0.1, 0.15) is 17.1 Å². The Kier molecular flexibility index (Phi) is 2.60. The molecule has 0 aliphatic carbocycles. The van der Waals surface area contributed by atoms with Gasteiger partial charge in [-0.15, -0.1) is 0 Å². The molecule has 0 spiro atoms. The summed E-state index contributed by atoms with van der Waals surface area (Å²) >= 11 is 0. The molecule has 2 rings (SSSR count). The highest BCUT2D eigenvalue weighted by Crippen LogP contribution is 2.13. The van der Waals surface area contributed by atoms with E-state index >= 15 is 0 Å². The quantitative estimate of drug-likeness (QED) is 0.768. The summed E-state index contributed by atoms with van der Waals surface area (Å²) in [7, 11) is 1.59. The first-order chi connectivity index (χ1) is 7.60. The maximum absolute atomic E-state index is 5.11. The van der Waals surface area contributed by atoms with Gasteiger partial charge in [-0.25, -0.2) is 9.67 Å². The molecular formula is C11H14N4O. The van der Waals surface area contributed by atoms with Gasteiger partial charge in [-0.2, -0.15) is 10.1 Å². The van der Waals surface area contributed by atoms with E-state index < -0.39 is 0 Å². The van der Waals surface area contributed by atoms with Crippen molar-refractivity contribution < 1.29 is 4.74 Å². The Balaban J connectivity index is 2.55. The maximum Gasteiger partial charge on any atom is 0.254 e. The molecule has 2 aromatic heterocycles. The molecule has 2 heterocycles. The molecule has 0 bridgehead atoms. The fraction of sp³-hybridized carbons (Fsp3) is 0.364. The normalized spacial score (nSPS) is 10.5. The second-order valence-electron chi connectivity index (χ2n) is 3.69. The van der Waals surface area contributed by atoms with E-state index in [1.807, 2.05) is 26.8 Å². The minimum atomic E-state index is 0.544. The van der Waals surface area contributed by atoms with E-state index in [-0.39, 0.29) is 0 Å². The molecule has 0 atom stereocenters. The molecule has 5 nitrogen and oxygen atoms in total. The molecule has 0 unspecified atom stereocenters. The van der Waals surface area contributed by atoms with E-state index in [0.717, 1.165) is 17.1 Å². The lowest BCUT2D eigenvalue weighted by atomic mass is 10.4. The Morgan fingerprint density at radius 2 is 1.81 bits per heavy atom. The van der Waals surface area contributed by atoms with E-state index in [0.29, 0.717) is 11.8 Å². The number of aryl methyl sites for hydroxylation is 3. The Morgan fingerprint density at radius 3 is 2.38 bits per heavy atom. The summed E-state index contributed by atoms with van der Waals surface area (Å²) in [5.74, 6) is 1.09. The van der Waals surface area contributed by atoms with E-state index in [9.17, 15) is 0 Å². The Labute approximate surface area is 94.1 Å². The minimum absolute atomic E-state index is 0.544. The largest absolute Gasteiger partial charge is 0.481 e. The molecular weight excluding hydrogens is 204 g/mol. The molecule has 0 fully saturated rings. The van der Waals surface area contributed by atoms with Gasteiger partial charge < -0.3 is 4.74 Å². The first-order valence-electron chi connectivity index (χ1n) is 5.03. The fourth-order valence-electron chi connectivity index (χ4n) is 1.56. The van der Waals surface area contributed by atoms with Gasteiger partial charge in [-0.05, 0) is 26.8 Å². The van der Waals surface area contributed by atoms with Gasteiger partial charge in [0.25, 0.3) is 5.95 Å². The number of hydrogen-bond donors (Lipinski definition) is 0. The van der Waals surface area contributed by atoms with Crippen LogP contribution in [0.2, 0.25) is 0 Å². The van der Waals surface area contributed by atoms with Crippen LogP contribution in [-0.4, -0.2) is 26.9 Å². The summed E-state index contributed by atoms with van der Waals surface area (Å²) in [5.41, 5.74) is 2.81. The second kappa shape index (κ2) is 3.92. The van der Waals surface area contributed by atoms with Gasteiger partial charge in [-0.3, -0.25) is 0 Å². The van der Waals surface area contributed by atoms with Gasteiger partial charge in [0, 0.05) is 17.5 Å². The maximum atomic E-state index is 5.11. The smallest absolute Gasteiger partial charge is 0.254 e. The van der Waals surface area contributed by atoms with Gasteiger partial charge in [-0.1, -0.05) is 0 Å². The SMILES string of the molecule is COc1cc(C)nc(-n2nc(C)cc2C)n1. The van der Waals surface area contributed by atoms with Crippen LogP contribution in [0.15, 0.2) is 12.1 Å². The van der Waals surface area contributed by atoms with Crippen LogP contribution in [0, 0.1) is 20.8 Å². The van der Waals surface area contributed by atoms with Crippen LogP contribution in [0.5, 0.6) is 5.88 Å². The van der Waals surface area contributed by atoms with Gasteiger partial charge in [0.1, 0.15) is 0 Å². The van der Waals surface area contributed by atoms with Gasteiger partial charge in [0.2, 0.25) is 5.88 Å². The van der Waals surface area contributed by atoms with Crippen LogP contribution in [0.4, 0.5) is 0 Å². The highest BCUT2D eigenvalue weighted by molar-refractivity contribution is 5.24. The lowest BCUT2D eigenvalue weighted by molar-refractivity contribution is 0.395. The molecule has 84 valence electrons. The third kappa shape index (κ3) is 1.88. The van der Waals surface area contributed by atoms with Crippen LogP contribution in [0.25, 0.3) is 5.95 Å². The van der Waals surface area contributed by atoms with Crippen molar-refractivity contribution in [3.63, 3.8) is 0 Å². The van der Waals surface area contributed by atoms with E-state index in [2.05, 4.69) is 15.1 Å². The highest BCUT2D eigenvalue weighted by Gasteiger charge is 2.08. The molecule has 0 amide bonds. The second-order valence-corrected chi connectivity index (χ2v) is 3.69. The third-order valence-electron chi connectivity index (χ3n) is 2.23. The van der Waals surface area contributed by atoms with Crippen molar-refractivity contribution in [2.75, 3.05) is 7.11 Å². The zero-order chi connectivity index (χ0) is 11.7. The summed E-state index contributed by atoms with van der Waals surface area (Å²) < 4.78 is 6.82. The lowest BCUT2D eigenvalue weighted by Crippen LogP contribution is -2.06. The van der Waals surface area contributed by atoms with Crippen LogP contribution in [0.3, 0.4) is 0 Å². The van der Waals surface area contributed by atoms with E-state index in [4.69, 9.17) is 4.74 Å². The van der Waals surface area contributed by atoms with Crippen molar-refractivity contribution in [3.05, 3.63) is 29.2 Å². The number of ether oxygens (including phenoxy) is 1. The molecule has 0 saturated heterocycles. The predicted octanol–water partition coefficient (Wildman–Crippen LogP) is 1.60. The zero-order valence-corrected chi connectivity index (χ0v) is 9.85. The van der Waals surface area contributed by atoms with Crippen molar-refractivity contribution in [1.29, 1.82) is 0 Å². The molecule has 2 aromatic rings. The number of hydrogen-bond acceptors (Lipinski definition) is 4. The predicted molar refractivity (Wildman–Crippen MR) is 59.9 cm³/mol. The molecule has 5 heteroatoms. The van der Waals surface area contributed by atoms with Gasteiger partial charge in [0.15, 0.2) is 0 Å². The minimum Gasteiger partial charge on any atom is -0.481 e. The summed E-state index contributed by atoms with van der Waals surface area (Å²) in [5, 5.41) is 4.33. The first kappa shape index (κ1) is 10.6. The Morgan fingerprint density at radius 1 is 1.06 bits per heavy atom. The van der Waals surface area contributed by atoms with Crippen LogP contribution in [-0.2, 0) is 0 Å². The van der Waals surface area contributed by atoms with Gasteiger partial charge in [0.05, 0.1) is 12.8 Å². The standard InChI is InChI=1S/C11H14N4O/c1-7-6-10(16-4)13-11(12-7)15-9(3)5-8(2)14-15/h5-6H,1-4H3. The van der Waals surface area contributed by atoms with Crippen molar-refractivity contribution >= 4 is 0 Å². The lowest BCUT2D eigenvalue weighted by Gasteiger charge is -2.05. The molecule has 0 aromatic carbocycles. The van der Waals surface area contributed by atoms with Crippen LogP contribution < -0.4 is 4.74 Å². The topological polar surface area (TPSA) is 52.8 Å². The fourth-order valence-corrected chi connectivity index (χ4v) is 1.56. The Bertz CT molecular complexity index is 519. The molecule has 0 aliphatic rings. The monoisotopic (exact) mass is 218 g/mol. The van der Waals surface area contributed by atoms with E-state index in [1.54, 1.807) is 17.9 Å². The summed E-state index contributed by atoms with van der Waals surface area (Å²) in [6.07, 6.45) is 0. The average Bonchev–Trinajstić information content (AvgIpc) is 2.57. The number of nitrogens with zero attached hydrogens (tertiary/aromatic N) is 4. The number of rotatable bonds is 2. The van der Waals surface area contributed by atoms with Crippen molar-refractivity contribution in [1.82, 2.24) is 19.7 Å². The van der Waals surface area contributed by atoms with Crippen LogP contribution >= 0.6 is 0 Å². The molecule has 16 heavy (non-hydrogen) atoms. The summed E-state index contributed by atoms with van der Waals surface area (Å²) in [4.78, 5) is 8.60. The number of aromatic nitrogens is 4. The number of methoxy groups -OCH3 is 1. The summed E-state index contributed by atoms with van der Waals surface area (Å²) in [6, 6.07) is 3.77. The Hall–Kier alpha value is -1.91. The van der Waals surface area contributed by atoms with Crippen molar-refractivity contribution in [2.45, 2.75) is 20.8 Å². The molecule has 0 aliphatic heterocycles. The van der Waals surface area contributed by atoms with Gasteiger partial charge >= 0.3 is 0 Å².